The number of carbonyl (C=O) groups is 2. The molecule has 1 saturated carbocycles. The molecule has 4 N–H and O–H groups in total. The predicted octanol–water partition coefficient (Wildman–Crippen LogP) is 0.872. The van der Waals surface area contributed by atoms with E-state index in [4.69, 9.17) is 10.5 Å². The van der Waals surface area contributed by atoms with Crippen molar-refractivity contribution in [3.05, 3.63) is 29.8 Å². The Bertz CT molecular complexity index is 597. The minimum Gasteiger partial charge on any atom is -0.492 e. The molecule has 1 aromatic carbocycles. The molecule has 6 nitrogen and oxygen atoms in total. The topological polar surface area (TPSA) is 93.5 Å². The van der Waals surface area contributed by atoms with E-state index >= 15 is 0 Å². The predicted molar refractivity (Wildman–Crippen MR) is 85.8 cm³/mol. The van der Waals surface area contributed by atoms with Crippen molar-refractivity contribution in [1.82, 2.24) is 10.6 Å². The molecule has 0 bridgehead atoms. The number of nitrogens with two attached hydrogens (primary N) is 1. The van der Waals surface area contributed by atoms with Crippen molar-refractivity contribution in [2.45, 2.75) is 31.7 Å². The zero-order valence-corrected chi connectivity index (χ0v) is 13.1. The maximum Gasteiger partial charge on any atom is 0.241 e. The van der Waals surface area contributed by atoms with Crippen molar-refractivity contribution in [3.8, 4) is 5.75 Å². The summed E-state index contributed by atoms with van der Waals surface area (Å²) in [5.41, 5.74) is 5.81. The molecular formula is C17H23N3O3. The number of benzene rings is 1. The van der Waals surface area contributed by atoms with Crippen LogP contribution in [0.25, 0.3) is 0 Å². The van der Waals surface area contributed by atoms with Crippen LogP contribution in [0.4, 0.5) is 0 Å². The van der Waals surface area contributed by atoms with Crippen LogP contribution in [0.2, 0.25) is 0 Å². The lowest BCUT2D eigenvalue weighted by Gasteiger charge is -2.26. The second-order valence-corrected chi connectivity index (χ2v) is 6.34. The highest BCUT2D eigenvalue weighted by atomic mass is 16.5. The fraction of sp³-hybridized carbons (Fsp3) is 0.529. The van der Waals surface area contributed by atoms with Crippen LogP contribution < -0.4 is 21.1 Å². The number of hydrogen-bond acceptors (Lipinski definition) is 4. The molecule has 6 heteroatoms. The SMILES string of the molecule is NC(=O)C1(CNC(=O)C2NCCOc3ccccc32)CCCC1. The van der Waals surface area contributed by atoms with Crippen LogP contribution >= 0.6 is 0 Å². The van der Waals surface area contributed by atoms with Crippen molar-refractivity contribution < 1.29 is 14.3 Å². The maximum absolute atomic E-state index is 12.7. The summed E-state index contributed by atoms with van der Waals surface area (Å²) in [6.07, 6.45) is 3.47. The Kier molecular flexibility index (Phi) is 4.52. The van der Waals surface area contributed by atoms with Crippen LogP contribution in [0, 0.1) is 5.41 Å². The number of rotatable bonds is 4. The second-order valence-electron chi connectivity index (χ2n) is 6.34. The normalized spacial score (nSPS) is 22.5. The summed E-state index contributed by atoms with van der Waals surface area (Å²) in [7, 11) is 0. The molecule has 1 heterocycles. The molecule has 3 rings (SSSR count). The molecule has 1 aliphatic carbocycles. The molecule has 0 spiro atoms. The monoisotopic (exact) mass is 317 g/mol. The fourth-order valence-electron chi connectivity index (χ4n) is 3.48. The third kappa shape index (κ3) is 3.17. The molecular weight excluding hydrogens is 294 g/mol. The minimum atomic E-state index is -0.587. The van der Waals surface area contributed by atoms with E-state index < -0.39 is 11.5 Å². The van der Waals surface area contributed by atoms with Gasteiger partial charge in [-0.3, -0.25) is 14.9 Å². The first-order valence-corrected chi connectivity index (χ1v) is 8.15. The molecule has 2 aliphatic rings. The highest BCUT2D eigenvalue weighted by Crippen LogP contribution is 2.37. The fourth-order valence-corrected chi connectivity index (χ4v) is 3.48. The molecule has 0 radical (unpaired) electrons. The summed E-state index contributed by atoms with van der Waals surface area (Å²) >= 11 is 0. The van der Waals surface area contributed by atoms with Crippen molar-refractivity contribution >= 4 is 11.8 Å². The van der Waals surface area contributed by atoms with E-state index in [1.54, 1.807) is 0 Å². The molecule has 1 aliphatic heterocycles. The number of hydrogen-bond donors (Lipinski definition) is 3. The van der Waals surface area contributed by atoms with Gasteiger partial charge in [0.2, 0.25) is 11.8 Å². The van der Waals surface area contributed by atoms with Gasteiger partial charge in [-0.05, 0) is 18.9 Å². The molecule has 0 aromatic heterocycles. The number of primary amides is 1. The number of amides is 2. The Hall–Kier alpha value is -2.08. The van der Waals surface area contributed by atoms with Crippen LogP contribution in [-0.2, 0) is 9.59 Å². The summed E-state index contributed by atoms with van der Waals surface area (Å²) in [5.74, 6) is 0.270. The van der Waals surface area contributed by atoms with Gasteiger partial charge in [0.15, 0.2) is 0 Å². The van der Waals surface area contributed by atoms with E-state index in [0.717, 1.165) is 37.0 Å². The Morgan fingerprint density at radius 1 is 1.30 bits per heavy atom. The highest BCUT2D eigenvalue weighted by Gasteiger charge is 2.40. The standard InChI is InChI=1S/C17H23N3O3/c18-16(22)17(7-3-4-8-17)11-20-15(21)14-12-5-1-2-6-13(12)23-10-9-19-14/h1-2,5-6,14,19H,3-4,7-11H2,(H2,18,22)(H,20,21). The van der Waals surface area contributed by atoms with E-state index in [1.807, 2.05) is 24.3 Å². The smallest absolute Gasteiger partial charge is 0.241 e. The quantitative estimate of drug-likeness (QED) is 0.768. The minimum absolute atomic E-state index is 0.143. The number of para-hydroxylation sites is 1. The Morgan fingerprint density at radius 3 is 2.78 bits per heavy atom. The first kappa shape index (κ1) is 15.8. The van der Waals surface area contributed by atoms with Gasteiger partial charge in [-0.25, -0.2) is 0 Å². The number of fused-ring (bicyclic) bond motifs is 1. The lowest BCUT2D eigenvalue weighted by Crippen LogP contribution is -2.47. The first-order valence-electron chi connectivity index (χ1n) is 8.15. The molecule has 1 unspecified atom stereocenters. The lowest BCUT2D eigenvalue weighted by atomic mass is 9.85. The molecule has 1 fully saturated rings. The number of carbonyl (C=O) groups excluding carboxylic acids is 2. The van der Waals surface area contributed by atoms with Crippen LogP contribution in [0.5, 0.6) is 5.75 Å². The van der Waals surface area contributed by atoms with Gasteiger partial charge >= 0.3 is 0 Å². The highest BCUT2D eigenvalue weighted by molar-refractivity contribution is 5.86. The maximum atomic E-state index is 12.7. The number of nitrogens with one attached hydrogen (secondary N) is 2. The Labute approximate surface area is 135 Å². The zero-order chi connectivity index (χ0) is 16.3. The first-order chi connectivity index (χ1) is 11.1. The number of ether oxygens (including phenoxy) is 1. The summed E-state index contributed by atoms with van der Waals surface area (Å²) in [6, 6.07) is 7.05. The van der Waals surface area contributed by atoms with Gasteiger partial charge in [0.05, 0.1) is 5.41 Å². The van der Waals surface area contributed by atoms with Gasteiger partial charge in [-0.1, -0.05) is 31.0 Å². The van der Waals surface area contributed by atoms with E-state index in [1.165, 1.54) is 0 Å². The van der Waals surface area contributed by atoms with Crippen LogP contribution in [0.3, 0.4) is 0 Å². The van der Waals surface area contributed by atoms with Crippen LogP contribution in [0.15, 0.2) is 24.3 Å². The zero-order valence-electron chi connectivity index (χ0n) is 13.1. The third-order valence-electron chi connectivity index (χ3n) is 4.88. The summed E-state index contributed by atoms with van der Waals surface area (Å²) in [6.45, 7) is 1.42. The summed E-state index contributed by atoms with van der Waals surface area (Å²) in [4.78, 5) is 24.5. The molecule has 0 saturated heterocycles. The van der Waals surface area contributed by atoms with Crippen molar-refractivity contribution in [2.75, 3.05) is 19.7 Å². The lowest BCUT2D eigenvalue weighted by molar-refractivity contribution is -0.128. The average molecular weight is 317 g/mol. The third-order valence-corrected chi connectivity index (χ3v) is 4.88. The van der Waals surface area contributed by atoms with Crippen molar-refractivity contribution in [1.29, 1.82) is 0 Å². The van der Waals surface area contributed by atoms with E-state index in [-0.39, 0.29) is 11.8 Å². The van der Waals surface area contributed by atoms with Gasteiger partial charge in [-0.2, -0.15) is 0 Å². The van der Waals surface area contributed by atoms with Gasteiger partial charge in [-0.15, -0.1) is 0 Å². The molecule has 1 aromatic rings. The van der Waals surface area contributed by atoms with E-state index in [2.05, 4.69) is 10.6 Å². The van der Waals surface area contributed by atoms with Gasteiger partial charge in [0.25, 0.3) is 0 Å². The van der Waals surface area contributed by atoms with Gasteiger partial charge in [0.1, 0.15) is 18.4 Å². The molecule has 1 atom stereocenters. The molecule has 23 heavy (non-hydrogen) atoms. The van der Waals surface area contributed by atoms with Gasteiger partial charge < -0.3 is 15.8 Å². The largest absolute Gasteiger partial charge is 0.492 e. The van der Waals surface area contributed by atoms with Crippen LogP contribution in [0.1, 0.15) is 37.3 Å². The van der Waals surface area contributed by atoms with Crippen LogP contribution in [-0.4, -0.2) is 31.5 Å². The van der Waals surface area contributed by atoms with E-state index in [0.29, 0.717) is 19.7 Å². The molecule has 2 amide bonds. The average Bonchev–Trinajstić information content (AvgIpc) is 2.94. The van der Waals surface area contributed by atoms with E-state index in [9.17, 15) is 9.59 Å². The summed E-state index contributed by atoms with van der Waals surface area (Å²) < 4.78 is 5.65. The van der Waals surface area contributed by atoms with Crippen molar-refractivity contribution in [3.63, 3.8) is 0 Å². The van der Waals surface area contributed by atoms with Gasteiger partial charge in [0, 0.05) is 18.7 Å². The summed E-state index contributed by atoms with van der Waals surface area (Å²) in [5, 5.41) is 6.13. The molecule has 124 valence electrons. The van der Waals surface area contributed by atoms with Crippen molar-refractivity contribution in [2.24, 2.45) is 11.1 Å². The Balaban J connectivity index is 1.72. The Morgan fingerprint density at radius 2 is 2.04 bits per heavy atom. The second kappa shape index (κ2) is 6.58.